The maximum atomic E-state index is 13.9. The fourth-order valence-corrected chi connectivity index (χ4v) is 3.38. The lowest BCUT2D eigenvalue weighted by atomic mass is 9.78. The highest BCUT2D eigenvalue weighted by molar-refractivity contribution is 5.49. The first-order valence-corrected chi connectivity index (χ1v) is 6.75. The van der Waals surface area contributed by atoms with E-state index in [1.807, 2.05) is 4.90 Å². The summed E-state index contributed by atoms with van der Waals surface area (Å²) in [5.41, 5.74) is 2.17. The zero-order valence-corrected chi connectivity index (χ0v) is 10.7. The van der Waals surface area contributed by atoms with Crippen LogP contribution < -0.4 is 16.2 Å². The van der Waals surface area contributed by atoms with E-state index in [1.54, 1.807) is 0 Å². The fourth-order valence-electron chi connectivity index (χ4n) is 3.38. The monoisotopic (exact) mass is 268 g/mol. The molecule has 1 saturated heterocycles. The van der Waals surface area contributed by atoms with Gasteiger partial charge in [-0.2, -0.15) is 0 Å². The van der Waals surface area contributed by atoms with Crippen LogP contribution in [0.1, 0.15) is 25.7 Å². The minimum absolute atomic E-state index is 0.105. The summed E-state index contributed by atoms with van der Waals surface area (Å²) in [4.78, 5) is 5.92. The van der Waals surface area contributed by atoms with Gasteiger partial charge < -0.3 is 10.3 Å². The van der Waals surface area contributed by atoms with Crippen LogP contribution in [0.5, 0.6) is 0 Å². The van der Waals surface area contributed by atoms with E-state index in [2.05, 4.69) is 10.4 Å². The zero-order chi connectivity index (χ0) is 13.4. The van der Waals surface area contributed by atoms with Crippen molar-refractivity contribution in [3.8, 4) is 0 Å². The Bertz CT molecular complexity index is 468. The van der Waals surface area contributed by atoms with Gasteiger partial charge in [0.1, 0.15) is 0 Å². The normalized spacial score (nSPS) is 26.4. The number of fused-ring (bicyclic) bond motifs is 2. The molecule has 0 aromatic carbocycles. The number of hydrazine groups is 1. The van der Waals surface area contributed by atoms with E-state index < -0.39 is 11.6 Å². The van der Waals surface area contributed by atoms with Crippen molar-refractivity contribution in [2.45, 2.75) is 25.7 Å². The third-order valence-electron chi connectivity index (χ3n) is 4.20. The number of rotatable bonds is 2. The second-order valence-corrected chi connectivity index (χ2v) is 5.57. The van der Waals surface area contributed by atoms with Gasteiger partial charge in [0.2, 0.25) is 0 Å². The first kappa shape index (κ1) is 12.6. The molecule has 2 unspecified atom stereocenters. The molecule has 1 aliphatic carbocycles. The summed E-state index contributed by atoms with van der Waals surface area (Å²) < 4.78 is 27.3. The first-order valence-electron chi connectivity index (χ1n) is 6.75. The second kappa shape index (κ2) is 4.92. The van der Waals surface area contributed by atoms with Gasteiger partial charge in [-0.25, -0.2) is 19.6 Å². The maximum Gasteiger partial charge on any atom is 0.178 e. The number of hydrogen-bond acceptors (Lipinski definition) is 4. The van der Waals surface area contributed by atoms with Crippen LogP contribution in [-0.2, 0) is 0 Å². The van der Waals surface area contributed by atoms with Gasteiger partial charge in [0.15, 0.2) is 23.3 Å². The predicted octanol–water partition coefficient (Wildman–Crippen LogP) is 2.27. The molecule has 3 N–H and O–H groups in total. The predicted molar refractivity (Wildman–Crippen MR) is 69.6 cm³/mol. The van der Waals surface area contributed by atoms with Crippen LogP contribution in [0.15, 0.2) is 6.07 Å². The van der Waals surface area contributed by atoms with Crippen LogP contribution in [-0.4, -0.2) is 18.1 Å². The van der Waals surface area contributed by atoms with E-state index in [4.69, 9.17) is 5.84 Å². The summed E-state index contributed by atoms with van der Waals surface area (Å²) in [6, 6.07) is 0.849. The van der Waals surface area contributed by atoms with E-state index in [0.29, 0.717) is 11.8 Å². The molecule has 1 aromatic rings. The molecule has 104 valence electrons. The summed E-state index contributed by atoms with van der Waals surface area (Å²) in [6.45, 7) is 1.60. The lowest BCUT2D eigenvalue weighted by Gasteiger charge is -2.42. The van der Waals surface area contributed by atoms with Gasteiger partial charge in [0.05, 0.1) is 0 Å². The Hall–Kier alpha value is -1.43. The van der Waals surface area contributed by atoms with Gasteiger partial charge in [0.25, 0.3) is 0 Å². The third kappa shape index (κ3) is 2.36. The molecule has 0 spiro atoms. The molecule has 1 aliphatic heterocycles. The SMILES string of the molecule is NNc1nc(N2CC3CCCC(C3)C2)c(F)cc1F. The van der Waals surface area contributed by atoms with Crippen molar-refractivity contribution < 1.29 is 8.78 Å². The van der Waals surface area contributed by atoms with Gasteiger partial charge >= 0.3 is 0 Å². The molecule has 6 heteroatoms. The quantitative estimate of drug-likeness (QED) is 0.638. The molecule has 1 saturated carbocycles. The van der Waals surface area contributed by atoms with Crippen molar-refractivity contribution in [2.75, 3.05) is 23.4 Å². The average Bonchev–Trinajstić information content (AvgIpc) is 2.38. The van der Waals surface area contributed by atoms with Crippen molar-refractivity contribution in [3.63, 3.8) is 0 Å². The Morgan fingerprint density at radius 3 is 2.53 bits per heavy atom. The van der Waals surface area contributed by atoms with Crippen molar-refractivity contribution in [2.24, 2.45) is 17.7 Å². The molecule has 2 fully saturated rings. The van der Waals surface area contributed by atoms with Gasteiger partial charge in [0, 0.05) is 19.2 Å². The van der Waals surface area contributed by atoms with Gasteiger partial charge in [-0.05, 0) is 31.1 Å². The van der Waals surface area contributed by atoms with Crippen molar-refractivity contribution in [1.82, 2.24) is 4.98 Å². The van der Waals surface area contributed by atoms with E-state index in [9.17, 15) is 8.78 Å². The van der Waals surface area contributed by atoms with Gasteiger partial charge in [-0.15, -0.1) is 0 Å². The molecule has 1 aromatic heterocycles. The highest BCUT2D eigenvalue weighted by Gasteiger charge is 2.32. The summed E-state index contributed by atoms with van der Waals surface area (Å²) in [6.07, 6.45) is 4.87. The molecular formula is C13H18F2N4. The summed E-state index contributed by atoms with van der Waals surface area (Å²) >= 11 is 0. The molecule has 2 bridgehead atoms. The molecular weight excluding hydrogens is 250 g/mol. The van der Waals surface area contributed by atoms with Crippen LogP contribution >= 0.6 is 0 Å². The minimum Gasteiger partial charge on any atom is -0.354 e. The topological polar surface area (TPSA) is 54.2 Å². The largest absolute Gasteiger partial charge is 0.354 e. The summed E-state index contributed by atoms with van der Waals surface area (Å²) in [5, 5.41) is 0. The Morgan fingerprint density at radius 2 is 1.89 bits per heavy atom. The number of nitrogens with one attached hydrogen (secondary N) is 1. The number of pyridine rings is 1. The van der Waals surface area contributed by atoms with Gasteiger partial charge in [-0.1, -0.05) is 6.42 Å². The van der Waals surface area contributed by atoms with E-state index >= 15 is 0 Å². The summed E-state index contributed by atoms with van der Waals surface area (Å²) in [5.74, 6) is 5.14. The number of nitrogens with zero attached hydrogens (tertiary/aromatic N) is 2. The number of aromatic nitrogens is 1. The molecule has 2 atom stereocenters. The van der Waals surface area contributed by atoms with Crippen LogP contribution in [0, 0.1) is 23.5 Å². The van der Waals surface area contributed by atoms with E-state index in [-0.39, 0.29) is 11.6 Å². The fraction of sp³-hybridized carbons (Fsp3) is 0.615. The Balaban J connectivity index is 1.89. The number of hydrogen-bond donors (Lipinski definition) is 2. The van der Waals surface area contributed by atoms with Gasteiger partial charge in [-0.3, -0.25) is 0 Å². The lowest BCUT2D eigenvalue weighted by molar-refractivity contribution is 0.229. The lowest BCUT2D eigenvalue weighted by Crippen LogP contribution is -2.43. The Labute approximate surface area is 111 Å². The number of halogens is 2. The standard InChI is InChI=1S/C13H18F2N4/c14-10-5-11(15)13(17-12(10)18-16)19-6-8-2-1-3-9(4-8)7-19/h5,8-9H,1-4,6-7,16H2,(H,17,18). The maximum absolute atomic E-state index is 13.9. The van der Waals surface area contributed by atoms with Crippen LogP contribution in [0.25, 0.3) is 0 Å². The molecule has 4 nitrogen and oxygen atoms in total. The number of piperidine rings is 1. The summed E-state index contributed by atoms with van der Waals surface area (Å²) in [7, 11) is 0. The van der Waals surface area contributed by atoms with E-state index in [0.717, 1.165) is 19.2 Å². The number of nitrogens with two attached hydrogens (primary N) is 1. The Kier molecular flexibility index (Phi) is 3.26. The molecule has 0 amide bonds. The van der Waals surface area contributed by atoms with Crippen LogP contribution in [0.2, 0.25) is 0 Å². The molecule has 0 radical (unpaired) electrons. The number of anilines is 2. The Morgan fingerprint density at radius 1 is 1.21 bits per heavy atom. The van der Waals surface area contributed by atoms with Crippen LogP contribution in [0.4, 0.5) is 20.4 Å². The highest BCUT2D eigenvalue weighted by Crippen LogP contribution is 2.36. The molecule has 2 aliphatic rings. The first-order chi connectivity index (χ1) is 9.17. The second-order valence-electron chi connectivity index (χ2n) is 5.57. The smallest absolute Gasteiger partial charge is 0.178 e. The van der Waals surface area contributed by atoms with Crippen molar-refractivity contribution >= 4 is 11.6 Å². The van der Waals surface area contributed by atoms with E-state index in [1.165, 1.54) is 25.7 Å². The zero-order valence-electron chi connectivity index (χ0n) is 10.7. The highest BCUT2D eigenvalue weighted by atomic mass is 19.1. The minimum atomic E-state index is -0.763. The van der Waals surface area contributed by atoms with Crippen molar-refractivity contribution in [3.05, 3.63) is 17.7 Å². The average molecular weight is 268 g/mol. The molecule has 19 heavy (non-hydrogen) atoms. The van der Waals surface area contributed by atoms with Crippen LogP contribution in [0.3, 0.4) is 0 Å². The number of nitrogen functional groups attached to an aromatic ring is 1. The third-order valence-corrected chi connectivity index (χ3v) is 4.20. The molecule has 2 heterocycles. The van der Waals surface area contributed by atoms with Crippen molar-refractivity contribution in [1.29, 1.82) is 0 Å². The molecule has 3 rings (SSSR count).